The van der Waals surface area contributed by atoms with Gasteiger partial charge in [0, 0.05) is 22.0 Å². The van der Waals surface area contributed by atoms with Crippen LogP contribution in [0.1, 0.15) is 64.7 Å². The average Bonchev–Trinajstić information content (AvgIpc) is 3.27. The first kappa shape index (κ1) is 24.2. The van der Waals surface area contributed by atoms with Gasteiger partial charge < -0.3 is 4.98 Å². The molecule has 170 valence electrons. The SMILES string of the molecule is CC(=O)c1c(C)[nH]c(C(=O)C(C)Sc2nnc(C(C)N(C)C)n2-c2ccc(Cl)cc2)c1C. The minimum absolute atomic E-state index is 0.00459. The molecule has 2 heterocycles. The zero-order valence-corrected chi connectivity index (χ0v) is 20.9. The first-order chi connectivity index (χ1) is 15.0. The second-order valence-electron chi connectivity index (χ2n) is 8.10. The molecule has 0 radical (unpaired) electrons. The minimum atomic E-state index is -0.440. The molecule has 3 aromatic rings. The maximum absolute atomic E-state index is 13.3. The molecule has 2 unspecified atom stereocenters. The molecule has 32 heavy (non-hydrogen) atoms. The van der Waals surface area contributed by atoms with Crippen LogP contribution in [0.25, 0.3) is 5.69 Å². The Bertz CT molecular complexity index is 1150. The number of H-pyrrole nitrogens is 1. The highest BCUT2D eigenvalue weighted by Gasteiger charge is 2.27. The van der Waals surface area contributed by atoms with Crippen molar-refractivity contribution >= 4 is 34.9 Å². The molecule has 2 atom stereocenters. The standard InChI is InChI=1S/C23H28ClN5O2S/c1-12-19(15(4)30)13(2)25-20(12)21(31)16(5)32-23-27-26-22(14(3)28(6)7)29(23)18-10-8-17(24)9-11-18/h8-11,14,16,25H,1-7H3. The van der Waals surface area contributed by atoms with Crippen molar-refractivity contribution in [2.45, 2.75) is 51.1 Å². The van der Waals surface area contributed by atoms with Crippen LogP contribution in [0, 0.1) is 13.8 Å². The van der Waals surface area contributed by atoms with Crippen molar-refractivity contribution in [1.82, 2.24) is 24.6 Å². The van der Waals surface area contributed by atoms with Gasteiger partial charge in [0.05, 0.1) is 17.0 Å². The molecule has 0 spiro atoms. The molecule has 0 aliphatic rings. The van der Waals surface area contributed by atoms with Crippen molar-refractivity contribution in [3.63, 3.8) is 0 Å². The molecule has 0 aliphatic carbocycles. The Morgan fingerprint density at radius 1 is 1.12 bits per heavy atom. The number of hydrogen-bond acceptors (Lipinski definition) is 6. The molecule has 0 saturated heterocycles. The third-order valence-electron chi connectivity index (χ3n) is 5.58. The summed E-state index contributed by atoms with van der Waals surface area (Å²) in [5.74, 6) is 0.626. The molecule has 3 rings (SSSR count). The minimum Gasteiger partial charge on any atom is -0.355 e. The third-order valence-corrected chi connectivity index (χ3v) is 6.87. The van der Waals surface area contributed by atoms with E-state index in [9.17, 15) is 9.59 Å². The summed E-state index contributed by atoms with van der Waals surface area (Å²) in [7, 11) is 3.96. The van der Waals surface area contributed by atoms with Crippen LogP contribution in [0.3, 0.4) is 0 Å². The maximum atomic E-state index is 13.3. The normalized spacial score (nSPS) is 13.4. The topological polar surface area (TPSA) is 83.9 Å². The lowest BCUT2D eigenvalue weighted by molar-refractivity contribution is 0.0988. The Labute approximate surface area is 197 Å². The van der Waals surface area contributed by atoms with Gasteiger partial charge in [0.15, 0.2) is 22.5 Å². The number of nitrogens with zero attached hydrogens (tertiary/aromatic N) is 4. The summed E-state index contributed by atoms with van der Waals surface area (Å²) in [5.41, 5.74) is 3.32. The third kappa shape index (κ3) is 4.67. The number of Topliss-reactive ketones (excluding diaryl/α,β-unsaturated/α-hetero) is 2. The van der Waals surface area contributed by atoms with Crippen LogP contribution in [0.5, 0.6) is 0 Å². The number of ketones is 2. The second-order valence-corrected chi connectivity index (χ2v) is 9.84. The first-order valence-corrected chi connectivity index (χ1v) is 11.6. The summed E-state index contributed by atoms with van der Waals surface area (Å²) in [4.78, 5) is 30.4. The van der Waals surface area contributed by atoms with Crippen molar-refractivity contribution in [3.8, 4) is 5.69 Å². The monoisotopic (exact) mass is 473 g/mol. The number of halogens is 1. The van der Waals surface area contributed by atoms with E-state index in [0.717, 1.165) is 11.5 Å². The molecule has 7 nitrogen and oxygen atoms in total. The first-order valence-electron chi connectivity index (χ1n) is 10.3. The van der Waals surface area contributed by atoms with Gasteiger partial charge >= 0.3 is 0 Å². The van der Waals surface area contributed by atoms with Crippen LogP contribution < -0.4 is 0 Å². The van der Waals surface area contributed by atoms with Crippen LogP contribution in [0.4, 0.5) is 0 Å². The van der Waals surface area contributed by atoms with E-state index in [0.29, 0.717) is 32.7 Å². The summed E-state index contributed by atoms with van der Waals surface area (Å²) >= 11 is 7.42. The fraction of sp³-hybridized carbons (Fsp3) is 0.391. The molecular weight excluding hydrogens is 446 g/mol. The van der Waals surface area contributed by atoms with Crippen LogP contribution in [-0.2, 0) is 0 Å². The molecule has 0 aliphatic heterocycles. The number of rotatable bonds is 8. The van der Waals surface area contributed by atoms with E-state index < -0.39 is 5.25 Å². The van der Waals surface area contributed by atoms with Crippen molar-refractivity contribution in [2.24, 2.45) is 0 Å². The highest BCUT2D eigenvalue weighted by Crippen LogP contribution is 2.31. The van der Waals surface area contributed by atoms with Gasteiger partial charge in [-0.25, -0.2) is 0 Å². The van der Waals surface area contributed by atoms with Crippen LogP contribution >= 0.6 is 23.4 Å². The van der Waals surface area contributed by atoms with Gasteiger partial charge in [-0.1, -0.05) is 23.4 Å². The molecule has 0 saturated carbocycles. The maximum Gasteiger partial charge on any atom is 0.196 e. The van der Waals surface area contributed by atoms with Crippen LogP contribution in [0.15, 0.2) is 29.4 Å². The summed E-state index contributed by atoms with van der Waals surface area (Å²) < 4.78 is 1.96. The summed E-state index contributed by atoms with van der Waals surface area (Å²) in [6, 6.07) is 7.46. The number of aromatic nitrogens is 4. The number of aryl methyl sites for hydroxylation is 1. The van der Waals surface area contributed by atoms with Gasteiger partial charge in [-0.2, -0.15) is 0 Å². The van der Waals surface area contributed by atoms with Gasteiger partial charge in [-0.15, -0.1) is 10.2 Å². The van der Waals surface area contributed by atoms with E-state index in [4.69, 9.17) is 11.6 Å². The number of hydrogen-bond donors (Lipinski definition) is 1. The Kier molecular flexibility index (Phi) is 7.27. The van der Waals surface area contributed by atoms with Gasteiger partial charge in [0.2, 0.25) is 0 Å². The molecule has 2 aromatic heterocycles. The van der Waals surface area contributed by atoms with E-state index in [-0.39, 0.29) is 17.6 Å². The highest BCUT2D eigenvalue weighted by molar-refractivity contribution is 8.00. The van der Waals surface area contributed by atoms with Gasteiger partial charge in [-0.05, 0) is 78.5 Å². The number of benzene rings is 1. The number of aromatic amines is 1. The quantitative estimate of drug-likeness (QED) is 0.364. The zero-order valence-electron chi connectivity index (χ0n) is 19.4. The van der Waals surface area contributed by atoms with E-state index in [1.807, 2.05) is 68.6 Å². The lowest BCUT2D eigenvalue weighted by Crippen LogP contribution is -2.21. The highest BCUT2D eigenvalue weighted by atomic mass is 35.5. The predicted octanol–water partition coefficient (Wildman–Crippen LogP) is 5.05. The number of carbonyl (C=O) groups is 2. The van der Waals surface area contributed by atoms with Crippen LogP contribution in [-0.4, -0.2) is 55.6 Å². The summed E-state index contributed by atoms with van der Waals surface area (Å²) in [5, 5.41) is 9.66. The Morgan fingerprint density at radius 2 is 1.75 bits per heavy atom. The smallest absolute Gasteiger partial charge is 0.196 e. The average molecular weight is 474 g/mol. The molecule has 0 bridgehead atoms. The lowest BCUT2D eigenvalue weighted by atomic mass is 10.0. The fourth-order valence-electron chi connectivity index (χ4n) is 3.63. The van der Waals surface area contributed by atoms with E-state index in [1.54, 1.807) is 6.92 Å². The van der Waals surface area contributed by atoms with Crippen molar-refractivity contribution in [3.05, 3.63) is 57.6 Å². The van der Waals surface area contributed by atoms with E-state index >= 15 is 0 Å². The lowest BCUT2D eigenvalue weighted by Gasteiger charge is -2.21. The number of thioether (sulfide) groups is 1. The fourth-order valence-corrected chi connectivity index (χ4v) is 4.69. The molecule has 0 fully saturated rings. The molecule has 0 amide bonds. The van der Waals surface area contributed by atoms with Crippen molar-refractivity contribution in [1.29, 1.82) is 0 Å². The van der Waals surface area contributed by atoms with Gasteiger partial charge in [0.1, 0.15) is 0 Å². The predicted molar refractivity (Wildman–Crippen MR) is 128 cm³/mol. The van der Waals surface area contributed by atoms with Crippen molar-refractivity contribution < 1.29 is 9.59 Å². The van der Waals surface area contributed by atoms with E-state index in [1.165, 1.54) is 18.7 Å². The number of nitrogens with one attached hydrogen (secondary N) is 1. The summed E-state index contributed by atoms with van der Waals surface area (Å²) in [6.45, 7) is 9.01. The zero-order chi connectivity index (χ0) is 23.7. The Balaban J connectivity index is 1.98. The van der Waals surface area contributed by atoms with Crippen LogP contribution in [0.2, 0.25) is 5.02 Å². The van der Waals surface area contributed by atoms with Gasteiger partial charge in [-0.3, -0.25) is 19.1 Å². The summed E-state index contributed by atoms with van der Waals surface area (Å²) in [6.07, 6.45) is 0. The van der Waals surface area contributed by atoms with Crippen molar-refractivity contribution in [2.75, 3.05) is 14.1 Å². The second kappa shape index (κ2) is 9.60. The molecule has 1 N–H and O–H groups in total. The Hall–Kier alpha value is -2.42. The molecular formula is C23H28ClN5O2S. The van der Waals surface area contributed by atoms with E-state index in [2.05, 4.69) is 15.2 Å². The van der Waals surface area contributed by atoms with Gasteiger partial charge in [0.25, 0.3) is 0 Å². The largest absolute Gasteiger partial charge is 0.355 e. The number of carbonyl (C=O) groups excluding carboxylic acids is 2. The molecule has 9 heteroatoms. The molecule has 1 aromatic carbocycles. The Morgan fingerprint density at radius 3 is 2.28 bits per heavy atom.